The predicted octanol–water partition coefficient (Wildman–Crippen LogP) is 2.15. The molecule has 0 saturated heterocycles. The third kappa shape index (κ3) is 3.73. The van der Waals surface area contributed by atoms with Crippen molar-refractivity contribution in [2.45, 2.75) is 20.3 Å². The van der Waals surface area contributed by atoms with Crippen molar-refractivity contribution in [2.24, 2.45) is 11.7 Å². The molecule has 0 aliphatic heterocycles. The SMILES string of the molecule is CC(C)CCNc1cc(C(N)=O)ccc1[N+](=O)[O-]. The number of benzene rings is 1. The first-order valence-electron chi connectivity index (χ1n) is 5.74. The van der Waals surface area contributed by atoms with Crippen LogP contribution >= 0.6 is 0 Å². The van der Waals surface area contributed by atoms with Crippen molar-refractivity contribution in [2.75, 3.05) is 11.9 Å². The highest BCUT2D eigenvalue weighted by Gasteiger charge is 2.15. The molecule has 1 amide bonds. The highest BCUT2D eigenvalue weighted by atomic mass is 16.6. The Kier molecular flexibility index (Phi) is 4.65. The Bertz CT molecular complexity index is 458. The lowest BCUT2D eigenvalue weighted by atomic mass is 10.1. The van der Waals surface area contributed by atoms with Gasteiger partial charge < -0.3 is 11.1 Å². The molecule has 6 nitrogen and oxygen atoms in total. The summed E-state index contributed by atoms with van der Waals surface area (Å²) in [5.74, 6) is -0.104. The molecule has 1 rings (SSSR count). The molecule has 18 heavy (non-hydrogen) atoms. The molecule has 0 bridgehead atoms. The fraction of sp³-hybridized carbons (Fsp3) is 0.417. The summed E-state index contributed by atoms with van der Waals surface area (Å²) in [6.45, 7) is 4.74. The van der Waals surface area contributed by atoms with E-state index < -0.39 is 10.8 Å². The highest BCUT2D eigenvalue weighted by molar-refractivity contribution is 5.94. The standard InChI is InChI=1S/C12H17N3O3/c1-8(2)5-6-14-10-7-9(12(13)16)3-4-11(10)15(17)18/h3-4,7-8,14H,5-6H2,1-2H3,(H2,13,16). The predicted molar refractivity (Wildman–Crippen MR) is 69.6 cm³/mol. The van der Waals surface area contributed by atoms with Crippen LogP contribution in [0.2, 0.25) is 0 Å². The maximum absolute atomic E-state index is 11.0. The minimum Gasteiger partial charge on any atom is -0.379 e. The first kappa shape index (κ1) is 14.0. The number of rotatable bonds is 6. The monoisotopic (exact) mass is 251 g/mol. The summed E-state index contributed by atoms with van der Waals surface area (Å²) in [5.41, 5.74) is 5.68. The molecule has 0 fully saturated rings. The molecule has 1 aromatic carbocycles. The molecule has 0 atom stereocenters. The maximum atomic E-state index is 11.0. The molecule has 0 aliphatic rings. The summed E-state index contributed by atoms with van der Waals surface area (Å²) in [6.07, 6.45) is 0.887. The van der Waals surface area contributed by atoms with Crippen molar-refractivity contribution in [3.63, 3.8) is 0 Å². The lowest BCUT2D eigenvalue weighted by Gasteiger charge is -2.09. The van der Waals surface area contributed by atoms with E-state index in [1.54, 1.807) is 0 Å². The van der Waals surface area contributed by atoms with Crippen molar-refractivity contribution in [3.05, 3.63) is 33.9 Å². The zero-order valence-electron chi connectivity index (χ0n) is 10.5. The number of anilines is 1. The normalized spacial score (nSPS) is 10.4. The number of hydrogen-bond donors (Lipinski definition) is 2. The van der Waals surface area contributed by atoms with Gasteiger partial charge in [-0.15, -0.1) is 0 Å². The van der Waals surface area contributed by atoms with Crippen LogP contribution in [0, 0.1) is 16.0 Å². The molecule has 98 valence electrons. The first-order valence-corrected chi connectivity index (χ1v) is 5.74. The summed E-state index contributed by atoms with van der Waals surface area (Å²) < 4.78 is 0. The summed E-state index contributed by atoms with van der Waals surface area (Å²) in [7, 11) is 0. The lowest BCUT2D eigenvalue weighted by molar-refractivity contribution is -0.384. The summed E-state index contributed by atoms with van der Waals surface area (Å²) in [5, 5.41) is 13.8. The Morgan fingerprint density at radius 2 is 2.17 bits per heavy atom. The van der Waals surface area contributed by atoms with E-state index in [0.717, 1.165) is 6.42 Å². The van der Waals surface area contributed by atoms with Crippen LogP contribution in [0.3, 0.4) is 0 Å². The van der Waals surface area contributed by atoms with Crippen LogP contribution in [0.25, 0.3) is 0 Å². The third-order valence-electron chi connectivity index (χ3n) is 2.51. The smallest absolute Gasteiger partial charge is 0.292 e. The molecular formula is C12H17N3O3. The van der Waals surface area contributed by atoms with Gasteiger partial charge in [0.1, 0.15) is 5.69 Å². The zero-order chi connectivity index (χ0) is 13.7. The van der Waals surface area contributed by atoms with E-state index in [1.165, 1.54) is 18.2 Å². The topological polar surface area (TPSA) is 98.3 Å². The number of nitrogens with zero attached hydrogens (tertiary/aromatic N) is 1. The van der Waals surface area contributed by atoms with Crippen LogP contribution in [-0.2, 0) is 0 Å². The van der Waals surface area contributed by atoms with Gasteiger partial charge in [0.2, 0.25) is 5.91 Å². The molecule has 0 radical (unpaired) electrons. The van der Waals surface area contributed by atoms with Gasteiger partial charge in [0, 0.05) is 18.2 Å². The van der Waals surface area contributed by atoms with Gasteiger partial charge in [0.15, 0.2) is 0 Å². The Balaban J connectivity index is 2.93. The number of nitrogens with one attached hydrogen (secondary N) is 1. The molecule has 0 unspecified atom stereocenters. The minimum absolute atomic E-state index is 0.0521. The third-order valence-corrected chi connectivity index (χ3v) is 2.51. The van der Waals surface area contributed by atoms with Crippen molar-refractivity contribution < 1.29 is 9.72 Å². The number of amides is 1. The fourth-order valence-corrected chi connectivity index (χ4v) is 1.49. The van der Waals surface area contributed by atoms with Crippen molar-refractivity contribution >= 4 is 17.3 Å². The van der Waals surface area contributed by atoms with Gasteiger partial charge in [-0.05, 0) is 24.5 Å². The van der Waals surface area contributed by atoms with Crippen molar-refractivity contribution in [1.82, 2.24) is 0 Å². The van der Waals surface area contributed by atoms with E-state index in [0.29, 0.717) is 18.2 Å². The van der Waals surface area contributed by atoms with Crippen LogP contribution in [0.5, 0.6) is 0 Å². The second kappa shape index (κ2) is 6.00. The molecule has 0 aliphatic carbocycles. The average molecular weight is 251 g/mol. The van der Waals surface area contributed by atoms with Crippen LogP contribution in [-0.4, -0.2) is 17.4 Å². The van der Waals surface area contributed by atoms with Crippen LogP contribution in [0.15, 0.2) is 18.2 Å². The van der Waals surface area contributed by atoms with Gasteiger partial charge in [-0.25, -0.2) is 0 Å². The number of nitro groups is 1. The van der Waals surface area contributed by atoms with Crippen LogP contribution in [0.1, 0.15) is 30.6 Å². The number of nitrogens with two attached hydrogens (primary N) is 1. The number of carbonyl (C=O) groups is 1. The Morgan fingerprint density at radius 3 is 2.67 bits per heavy atom. The largest absolute Gasteiger partial charge is 0.379 e. The molecule has 0 spiro atoms. The summed E-state index contributed by atoms with van der Waals surface area (Å²) >= 11 is 0. The number of nitro benzene ring substituents is 1. The average Bonchev–Trinajstić information content (AvgIpc) is 2.27. The summed E-state index contributed by atoms with van der Waals surface area (Å²) in [6, 6.07) is 4.06. The minimum atomic E-state index is -0.600. The van der Waals surface area contributed by atoms with E-state index in [9.17, 15) is 14.9 Å². The Morgan fingerprint density at radius 1 is 1.50 bits per heavy atom. The molecule has 0 saturated carbocycles. The number of hydrogen-bond acceptors (Lipinski definition) is 4. The van der Waals surface area contributed by atoms with E-state index in [-0.39, 0.29) is 11.3 Å². The fourth-order valence-electron chi connectivity index (χ4n) is 1.49. The first-order chi connectivity index (χ1) is 8.41. The Labute approximate surface area is 105 Å². The molecule has 3 N–H and O–H groups in total. The lowest BCUT2D eigenvalue weighted by Crippen LogP contribution is -2.13. The second-order valence-corrected chi connectivity index (χ2v) is 4.46. The number of primary amides is 1. The summed E-state index contributed by atoms with van der Waals surface area (Å²) in [4.78, 5) is 21.4. The van der Waals surface area contributed by atoms with E-state index in [2.05, 4.69) is 19.2 Å². The van der Waals surface area contributed by atoms with Gasteiger partial charge >= 0.3 is 0 Å². The van der Waals surface area contributed by atoms with E-state index in [4.69, 9.17) is 5.73 Å². The molecule has 1 aromatic rings. The van der Waals surface area contributed by atoms with Gasteiger partial charge in [0.05, 0.1) is 4.92 Å². The van der Waals surface area contributed by atoms with Gasteiger partial charge in [-0.3, -0.25) is 14.9 Å². The Hall–Kier alpha value is -2.11. The number of carbonyl (C=O) groups excluding carboxylic acids is 1. The molecular weight excluding hydrogens is 234 g/mol. The van der Waals surface area contributed by atoms with Crippen molar-refractivity contribution in [3.8, 4) is 0 Å². The van der Waals surface area contributed by atoms with Crippen LogP contribution < -0.4 is 11.1 Å². The maximum Gasteiger partial charge on any atom is 0.292 e. The molecule has 6 heteroatoms. The van der Waals surface area contributed by atoms with Crippen molar-refractivity contribution in [1.29, 1.82) is 0 Å². The van der Waals surface area contributed by atoms with Crippen LogP contribution in [0.4, 0.5) is 11.4 Å². The molecule has 0 heterocycles. The van der Waals surface area contributed by atoms with E-state index >= 15 is 0 Å². The zero-order valence-corrected chi connectivity index (χ0v) is 10.5. The van der Waals surface area contributed by atoms with E-state index in [1.807, 2.05) is 0 Å². The van der Waals surface area contributed by atoms with Gasteiger partial charge in [-0.2, -0.15) is 0 Å². The van der Waals surface area contributed by atoms with Gasteiger partial charge in [-0.1, -0.05) is 13.8 Å². The quantitative estimate of drug-likeness (QED) is 0.597. The second-order valence-electron chi connectivity index (χ2n) is 4.46. The highest BCUT2D eigenvalue weighted by Crippen LogP contribution is 2.25. The van der Waals surface area contributed by atoms with Gasteiger partial charge in [0.25, 0.3) is 5.69 Å². The molecule has 0 aromatic heterocycles.